The molecule has 0 unspecified atom stereocenters. The van der Waals surface area contributed by atoms with Crippen molar-refractivity contribution >= 4 is 34.6 Å². The lowest BCUT2D eigenvalue weighted by Crippen LogP contribution is -2.51. The maximum Gasteiger partial charge on any atom is 0.289 e. The number of piperazine rings is 1. The molecule has 9 heteroatoms. The number of thioether (sulfide) groups is 1. The lowest BCUT2D eigenvalue weighted by atomic mass is 10.3. The van der Waals surface area contributed by atoms with Crippen LogP contribution in [0, 0.1) is 0 Å². The number of nitrogens with one attached hydrogen (secondary N) is 1. The van der Waals surface area contributed by atoms with Crippen molar-refractivity contribution in [2.45, 2.75) is 5.16 Å². The van der Waals surface area contributed by atoms with Gasteiger partial charge in [0.2, 0.25) is 5.91 Å². The maximum absolute atomic E-state index is 12.5. The number of nitrogens with zero attached hydrogens (tertiary/aromatic N) is 3. The van der Waals surface area contributed by atoms with Crippen LogP contribution in [0.15, 0.2) is 46.2 Å². The van der Waals surface area contributed by atoms with Crippen LogP contribution in [0.25, 0.3) is 11.0 Å². The first-order valence-corrected chi connectivity index (χ1v) is 9.90. The van der Waals surface area contributed by atoms with E-state index in [1.54, 1.807) is 29.0 Å². The third-order valence-corrected chi connectivity index (χ3v) is 5.51. The largest absolute Gasteiger partial charge is 0.497 e. The molecule has 2 aromatic heterocycles. The number of carbonyl (C=O) groups is 2. The molecule has 0 atom stereocenters. The molecule has 0 radical (unpaired) electrons. The van der Waals surface area contributed by atoms with Gasteiger partial charge in [-0.25, -0.2) is 4.98 Å². The fourth-order valence-corrected chi connectivity index (χ4v) is 3.88. The Labute approximate surface area is 165 Å². The van der Waals surface area contributed by atoms with Crippen molar-refractivity contribution in [1.82, 2.24) is 19.8 Å². The highest BCUT2D eigenvalue weighted by atomic mass is 32.2. The molecular weight excluding hydrogens is 380 g/mol. The third kappa shape index (κ3) is 3.84. The van der Waals surface area contributed by atoms with Crippen LogP contribution in [0.4, 0.5) is 0 Å². The van der Waals surface area contributed by atoms with Crippen LogP contribution in [-0.2, 0) is 4.79 Å². The number of aromatic nitrogens is 2. The molecule has 0 bridgehead atoms. The number of imidazole rings is 1. The smallest absolute Gasteiger partial charge is 0.289 e. The average Bonchev–Trinajstić information content (AvgIpc) is 3.40. The van der Waals surface area contributed by atoms with Crippen molar-refractivity contribution in [3.63, 3.8) is 0 Å². The Balaban J connectivity index is 1.29. The normalized spacial score (nSPS) is 14.5. The van der Waals surface area contributed by atoms with Gasteiger partial charge >= 0.3 is 0 Å². The van der Waals surface area contributed by atoms with E-state index in [2.05, 4.69) is 9.97 Å². The Kier molecular flexibility index (Phi) is 5.25. The first-order chi connectivity index (χ1) is 13.6. The summed E-state index contributed by atoms with van der Waals surface area (Å²) in [6, 6.07) is 8.96. The fourth-order valence-electron chi connectivity index (χ4n) is 3.10. The summed E-state index contributed by atoms with van der Waals surface area (Å²) >= 11 is 1.37. The number of hydrogen-bond acceptors (Lipinski definition) is 6. The SMILES string of the molecule is COc1ccc2nc(SCC(=O)N3CCN(C(=O)c4ccco4)CC3)[nH]c2c1. The summed E-state index contributed by atoms with van der Waals surface area (Å²) in [6.45, 7) is 2.03. The lowest BCUT2D eigenvalue weighted by molar-refractivity contribution is -0.129. The Morgan fingerprint density at radius 3 is 2.71 bits per heavy atom. The molecule has 0 saturated carbocycles. The van der Waals surface area contributed by atoms with Crippen molar-refractivity contribution in [2.24, 2.45) is 0 Å². The van der Waals surface area contributed by atoms with Gasteiger partial charge in [-0.05, 0) is 24.3 Å². The van der Waals surface area contributed by atoms with Crippen molar-refractivity contribution in [3.05, 3.63) is 42.4 Å². The molecule has 0 spiro atoms. The standard InChI is InChI=1S/C19H20N4O4S/c1-26-13-4-5-14-15(11-13)21-19(20-14)28-12-17(24)22-6-8-23(9-7-22)18(25)16-3-2-10-27-16/h2-5,10-11H,6-9,12H2,1H3,(H,20,21). The molecule has 1 fully saturated rings. The van der Waals surface area contributed by atoms with E-state index in [4.69, 9.17) is 9.15 Å². The summed E-state index contributed by atoms with van der Waals surface area (Å²) in [5, 5.41) is 0.697. The number of methoxy groups -OCH3 is 1. The summed E-state index contributed by atoms with van der Waals surface area (Å²) in [4.78, 5) is 36.0. The summed E-state index contributed by atoms with van der Waals surface area (Å²) < 4.78 is 10.4. The summed E-state index contributed by atoms with van der Waals surface area (Å²) in [5.74, 6) is 1.28. The quantitative estimate of drug-likeness (QED) is 0.661. The number of benzene rings is 1. The molecule has 1 aliphatic rings. The molecule has 8 nitrogen and oxygen atoms in total. The van der Waals surface area contributed by atoms with Gasteiger partial charge in [-0.2, -0.15) is 0 Å². The predicted octanol–water partition coefficient (Wildman–Crippen LogP) is 2.24. The van der Waals surface area contributed by atoms with Crippen molar-refractivity contribution in [2.75, 3.05) is 39.0 Å². The number of carbonyl (C=O) groups excluding carboxylic acids is 2. The highest BCUT2D eigenvalue weighted by Gasteiger charge is 2.26. The molecule has 146 valence electrons. The fraction of sp³-hybridized carbons (Fsp3) is 0.316. The van der Waals surface area contributed by atoms with Gasteiger partial charge in [0.25, 0.3) is 5.91 Å². The van der Waals surface area contributed by atoms with Gasteiger partial charge in [-0.15, -0.1) is 0 Å². The molecule has 0 aliphatic carbocycles. The van der Waals surface area contributed by atoms with E-state index in [0.717, 1.165) is 16.8 Å². The zero-order chi connectivity index (χ0) is 19.5. The molecule has 1 aliphatic heterocycles. The second-order valence-electron chi connectivity index (χ2n) is 6.36. The van der Waals surface area contributed by atoms with Crippen LogP contribution in [0.1, 0.15) is 10.6 Å². The monoisotopic (exact) mass is 400 g/mol. The van der Waals surface area contributed by atoms with E-state index in [0.29, 0.717) is 42.8 Å². The number of aromatic amines is 1. The lowest BCUT2D eigenvalue weighted by Gasteiger charge is -2.34. The number of H-pyrrole nitrogens is 1. The van der Waals surface area contributed by atoms with E-state index < -0.39 is 0 Å². The molecule has 1 saturated heterocycles. The number of rotatable bonds is 5. The number of furan rings is 1. The molecule has 1 N–H and O–H groups in total. The zero-order valence-electron chi connectivity index (χ0n) is 15.4. The van der Waals surface area contributed by atoms with E-state index in [9.17, 15) is 9.59 Å². The minimum Gasteiger partial charge on any atom is -0.497 e. The number of fused-ring (bicyclic) bond motifs is 1. The second kappa shape index (κ2) is 7.97. The van der Waals surface area contributed by atoms with Gasteiger partial charge in [0.1, 0.15) is 5.75 Å². The first-order valence-electron chi connectivity index (χ1n) is 8.91. The molecule has 1 aromatic carbocycles. The molecule has 2 amide bonds. The van der Waals surface area contributed by atoms with Gasteiger partial charge in [0, 0.05) is 32.2 Å². The van der Waals surface area contributed by atoms with Crippen LogP contribution in [0.3, 0.4) is 0 Å². The molecule has 3 aromatic rings. The van der Waals surface area contributed by atoms with Crippen LogP contribution >= 0.6 is 11.8 Å². The first kappa shape index (κ1) is 18.4. The summed E-state index contributed by atoms with van der Waals surface area (Å²) in [7, 11) is 1.62. The molecule has 4 rings (SSSR count). The van der Waals surface area contributed by atoms with Crippen molar-refractivity contribution in [1.29, 1.82) is 0 Å². The predicted molar refractivity (Wildman–Crippen MR) is 105 cm³/mol. The van der Waals surface area contributed by atoms with Crippen LogP contribution in [0.5, 0.6) is 5.75 Å². The highest BCUT2D eigenvalue weighted by molar-refractivity contribution is 7.99. The highest BCUT2D eigenvalue weighted by Crippen LogP contribution is 2.23. The Morgan fingerprint density at radius 1 is 1.21 bits per heavy atom. The number of ether oxygens (including phenoxy) is 1. The van der Waals surface area contributed by atoms with Crippen LogP contribution in [0.2, 0.25) is 0 Å². The van der Waals surface area contributed by atoms with E-state index in [1.165, 1.54) is 18.0 Å². The third-order valence-electron chi connectivity index (χ3n) is 4.65. The van der Waals surface area contributed by atoms with E-state index in [1.807, 2.05) is 18.2 Å². The minimum absolute atomic E-state index is 0.0353. The van der Waals surface area contributed by atoms with Gasteiger partial charge in [0.05, 0.1) is 30.2 Å². The summed E-state index contributed by atoms with van der Waals surface area (Å²) in [6.07, 6.45) is 1.48. The second-order valence-corrected chi connectivity index (χ2v) is 7.33. The summed E-state index contributed by atoms with van der Waals surface area (Å²) in [5.41, 5.74) is 1.71. The molecule has 3 heterocycles. The number of hydrogen-bond donors (Lipinski definition) is 1. The Morgan fingerprint density at radius 2 is 2.00 bits per heavy atom. The topological polar surface area (TPSA) is 91.7 Å². The van der Waals surface area contributed by atoms with Crippen molar-refractivity contribution < 1.29 is 18.7 Å². The van der Waals surface area contributed by atoms with Gasteiger partial charge in [-0.1, -0.05) is 11.8 Å². The van der Waals surface area contributed by atoms with E-state index >= 15 is 0 Å². The molecule has 28 heavy (non-hydrogen) atoms. The number of amides is 2. The zero-order valence-corrected chi connectivity index (χ0v) is 16.2. The Bertz CT molecular complexity index is 977. The van der Waals surface area contributed by atoms with Gasteiger partial charge in [-0.3, -0.25) is 9.59 Å². The minimum atomic E-state index is -0.135. The van der Waals surface area contributed by atoms with E-state index in [-0.39, 0.29) is 11.8 Å². The maximum atomic E-state index is 12.5. The average molecular weight is 400 g/mol. The van der Waals surface area contributed by atoms with Crippen LogP contribution in [-0.4, -0.2) is 70.6 Å². The Hall–Kier alpha value is -2.94. The van der Waals surface area contributed by atoms with Gasteiger partial charge < -0.3 is 23.9 Å². The van der Waals surface area contributed by atoms with Crippen LogP contribution < -0.4 is 4.74 Å². The van der Waals surface area contributed by atoms with Gasteiger partial charge in [0.15, 0.2) is 10.9 Å². The molecular formula is C19H20N4O4S. The van der Waals surface area contributed by atoms with Crippen molar-refractivity contribution in [3.8, 4) is 5.75 Å².